The molecule has 6 heteroatoms. The highest BCUT2D eigenvalue weighted by Crippen LogP contribution is 1.73. The van der Waals surface area contributed by atoms with Gasteiger partial charge in [-0.2, -0.15) is 12.6 Å². The summed E-state index contributed by atoms with van der Waals surface area (Å²) in [6.07, 6.45) is 0.633. The summed E-state index contributed by atoms with van der Waals surface area (Å²) in [6, 6.07) is 0. The predicted molar refractivity (Wildman–Crippen MR) is 57.7 cm³/mol. The minimum Gasteiger partial charge on any atom is -0.388 e. The van der Waals surface area contributed by atoms with E-state index in [-0.39, 0.29) is 30.6 Å². The Morgan fingerprint density at radius 1 is 1.36 bits per heavy atom. The summed E-state index contributed by atoms with van der Waals surface area (Å²) in [5, 5.41) is 9.92. The third kappa shape index (κ3) is 17.9. The molecule has 3 nitrogen and oxygen atoms in total. The van der Waals surface area contributed by atoms with Crippen LogP contribution >= 0.6 is 37.4 Å². The molecule has 0 spiro atoms. The SMILES string of the molecule is Cl.Cl.N=C(N)CCNCCS. The van der Waals surface area contributed by atoms with Crippen molar-refractivity contribution < 1.29 is 0 Å². The molecule has 0 aromatic rings. The lowest BCUT2D eigenvalue weighted by atomic mass is 10.4. The van der Waals surface area contributed by atoms with Crippen LogP contribution in [0.25, 0.3) is 0 Å². The Morgan fingerprint density at radius 2 is 1.91 bits per heavy atom. The lowest BCUT2D eigenvalue weighted by Crippen LogP contribution is -2.22. The molecule has 0 saturated heterocycles. The maximum absolute atomic E-state index is 6.85. The second-order valence-electron chi connectivity index (χ2n) is 1.75. The van der Waals surface area contributed by atoms with Crippen LogP contribution in [0.4, 0.5) is 0 Å². The Kier molecular flexibility index (Phi) is 20.6. The fourth-order valence-corrected chi connectivity index (χ4v) is 0.585. The number of hydrogen-bond acceptors (Lipinski definition) is 3. The molecule has 0 aliphatic rings. The molecule has 0 aliphatic heterocycles. The number of hydrogen-bond donors (Lipinski definition) is 4. The normalized spacial score (nSPS) is 7.73. The molecule has 0 atom stereocenters. The Labute approximate surface area is 85.2 Å². The van der Waals surface area contributed by atoms with Crippen molar-refractivity contribution in [3.63, 3.8) is 0 Å². The largest absolute Gasteiger partial charge is 0.388 e. The monoisotopic (exact) mass is 219 g/mol. The van der Waals surface area contributed by atoms with Crippen LogP contribution in [0.15, 0.2) is 0 Å². The average Bonchev–Trinajstić information content (AvgIpc) is 1.80. The van der Waals surface area contributed by atoms with E-state index in [4.69, 9.17) is 11.1 Å². The summed E-state index contributed by atoms with van der Waals surface area (Å²) in [4.78, 5) is 0. The summed E-state index contributed by atoms with van der Waals surface area (Å²) in [5.74, 6) is 1.07. The van der Waals surface area contributed by atoms with E-state index in [1.165, 1.54) is 0 Å². The molecule has 0 unspecified atom stereocenters. The molecule has 0 aliphatic carbocycles. The molecule has 0 rings (SSSR count). The van der Waals surface area contributed by atoms with Gasteiger partial charge in [-0.25, -0.2) is 0 Å². The second-order valence-corrected chi connectivity index (χ2v) is 2.20. The second kappa shape index (κ2) is 13.0. The van der Waals surface area contributed by atoms with Gasteiger partial charge < -0.3 is 11.1 Å². The number of nitrogens with one attached hydrogen (secondary N) is 2. The van der Waals surface area contributed by atoms with Gasteiger partial charge >= 0.3 is 0 Å². The third-order valence-electron chi connectivity index (χ3n) is 0.860. The van der Waals surface area contributed by atoms with E-state index in [2.05, 4.69) is 17.9 Å². The van der Waals surface area contributed by atoms with Crippen LogP contribution in [-0.4, -0.2) is 24.7 Å². The van der Waals surface area contributed by atoms with Crippen LogP contribution in [0, 0.1) is 5.41 Å². The first-order valence-corrected chi connectivity index (χ1v) is 3.55. The summed E-state index contributed by atoms with van der Waals surface area (Å²) in [6.45, 7) is 1.67. The smallest absolute Gasteiger partial charge is 0.0918 e. The van der Waals surface area contributed by atoms with E-state index in [1.807, 2.05) is 0 Å². The lowest BCUT2D eigenvalue weighted by molar-refractivity contribution is 0.740. The minimum absolute atomic E-state index is 0. The quantitative estimate of drug-likeness (QED) is 0.238. The van der Waals surface area contributed by atoms with Gasteiger partial charge in [-0.3, -0.25) is 5.41 Å². The fraction of sp³-hybridized carbons (Fsp3) is 0.800. The van der Waals surface area contributed by atoms with Crippen LogP contribution in [-0.2, 0) is 0 Å². The molecule has 0 amide bonds. The van der Waals surface area contributed by atoms with Crippen molar-refractivity contribution in [2.24, 2.45) is 5.73 Å². The maximum atomic E-state index is 6.85. The first-order valence-electron chi connectivity index (χ1n) is 2.92. The highest BCUT2D eigenvalue weighted by atomic mass is 35.5. The van der Waals surface area contributed by atoms with E-state index in [0.29, 0.717) is 6.42 Å². The Morgan fingerprint density at radius 3 is 2.27 bits per heavy atom. The zero-order valence-corrected chi connectivity index (χ0v) is 8.70. The zero-order valence-electron chi connectivity index (χ0n) is 6.17. The molecule has 4 N–H and O–H groups in total. The number of thiol groups is 1. The molecule has 70 valence electrons. The topological polar surface area (TPSA) is 61.9 Å². The molecule has 0 aromatic heterocycles. The summed E-state index contributed by atoms with van der Waals surface area (Å²) in [7, 11) is 0. The number of rotatable bonds is 5. The zero-order chi connectivity index (χ0) is 7.11. The van der Waals surface area contributed by atoms with E-state index >= 15 is 0 Å². The van der Waals surface area contributed by atoms with Crippen LogP contribution in [0.5, 0.6) is 0 Å². The average molecular weight is 220 g/mol. The third-order valence-corrected chi connectivity index (χ3v) is 1.08. The van der Waals surface area contributed by atoms with E-state index in [9.17, 15) is 0 Å². The predicted octanol–water partition coefficient (Wildman–Crippen LogP) is 0.675. The molecule has 0 heterocycles. The van der Waals surface area contributed by atoms with Gasteiger partial charge in [-0.1, -0.05) is 0 Å². The van der Waals surface area contributed by atoms with Crippen molar-refractivity contribution in [3.8, 4) is 0 Å². The Bertz CT molecular complexity index is 91.8. The Hall–Kier alpha value is 0.360. The van der Waals surface area contributed by atoms with Crippen LogP contribution in [0.2, 0.25) is 0 Å². The van der Waals surface area contributed by atoms with Crippen molar-refractivity contribution >= 4 is 43.3 Å². The molecule has 0 fully saturated rings. The van der Waals surface area contributed by atoms with Gasteiger partial charge in [0.1, 0.15) is 0 Å². The molecule has 0 aromatic carbocycles. The Balaban J connectivity index is -0.000000320. The molecular formula is C5H15Cl2N3S. The first-order chi connectivity index (χ1) is 4.27. The number of nitrogens with two attached hydrogens (primary N) is 1. The van der Waals surface area contributed by atoms with Crippen LogP contribution in [0.3, 0.4) is 0 Å². The maximum Gasteiger partial charge on any atom is 0.0918 e. The van der Waals surface area contributed by atoms with Crippen molar-refractivity contribution in [2.45, 2.75) is 6.42 Å². The summed E-state index contributed by atoms with van der Waals surface area (Å²) < 4.78 is 0. The highest BCUT2D eigenvalue weighted by molar-refractivity contribution is 7.80. The molecule has 0 radical (unpaired) electrons. The van der Waals surface area contributed by atoms with Gasteiger partial charge in [0.2, 0.25) is 0 Å². The van der Waals surface area contributed by atoms with Crippen LogP contribution < -0.4 is 11.1 Å². The minimum atomic E-state index is 0. The van der Waals surface area contributed by atoms with Crippen molar-refractivity contribution in [3.05, 3.63) is 0 Å². The van der Waals surface area contributed by atoms with E-state index in [0.717, 1.165) is 18.8 Å². The highest BCUT2D eigenvalue weighted by Gasteiger charge is 1.86. The van der Waals surface area contributed by atoms with Crippen molar-refractivity contribution in [1.29, 1.82) is 5.41 Å². The van der Waals surface area contributed by atoms with Crippen LogP contribution in [0.1, 0.15) is 6.42 Å². The van der Waals surface area contributed by atoms with Gasteiger partial charge in [0.25, 0.3) is 0 Å². The number of halogens is 2. The van der Waals surface area contributed by atoms with Crippen molar-refractivity contribution in [1.82, 2.24) is 5.32 Å². The summed E-state index contributed by atoms with van der Waals surface area (Å²) in [5.41, 5.74) is 5.10. The first kappa shape index (κ1) is 17.4. The molecule has 0 bridgehead atoms. The standard InChI is InChI=1S/C5H13N3S.2ClH/c6-5(7)1-2-8-3-4-9;;/h8-9H,1-4H2,(H3,6,7);2*1H. The van der Waals surface area contributed by atoms with E-state index < -0.39 is 0 Å². The number of amidine groups is 1. The van der Waals surface area contributed by atoms with Gasteiger partial charge in [-0.05, 0) is 0 Å². The van der Waals surface area contributed by atoms with E-state index in [1.54, 1.807) is 0 Å². The summed E-state index contributed by atoms with van der Waals surface area (Å²) >= 11 is 4.00. The molecule has 0 saturated carbocycles. The fourth-order valence-electron chi connectivity index (χ4n) is 0.427. The van der Waals surface area contributed by atoms with Gasteiger partial charge in [0, 0.05) is 25.3 Å². The van der Waals surface area contributed by atoms with Crippen molar-refractivity contribution in [2.75, 3.05) is 18.8 Å². The molecular weight excluding hydrogens is 205 g/mol. The lowest BCUT2D eigenvalue weighted by Gasteiger charge is -1.99. The van der Waals surface area contributed by atoms with Gasteiger partial charge in [0.15, 0.2) is 0 Å². The molecule has 11 heavy (non-hydrogen) atoms. The van der Waals surface area contributed by atoms with Gasteiger partial charge in [0.05, 0.1) is 5.84 Å². The van der Waals surface area contributed by atoms with Gasteiger partial charge in [-0.15, -0.1) is 24.8 Å².